The van der Waals surface area contributed by atoms with Gasteiger partial charge in [0.15, 0.2) is 5.58 Å². The second kappa shape index (κ2) is 5.60. The number of hydrogen-bond acceptors (Lipinski definition) is 1. The highest BCUT2D eigenvalue weighted by atomic mass is 127. The summed E-state index contributed by atoms with van der Waals surface area (Å²) in [5, 5.41) is 4.84. The number of fused-ring (bicyclic) bond motifs is 6. The molecule has 0 saturated heterocycles. The third-order valence-corrected chi connectivity index (χ3v) is 5.93. The predicted molar refractivity (Wildman–Crippen MR) is 121 cm³/mol. The summed E-state index contributed by atoms with van der Waals surface area (Å²) in [4.78, 5) is 0. The van der Waals surface area contributed by atoms with E-state index >= 15 is 0 Å². The van der Waals surface area contributed by atoms with Gasteiger partial charge in [-0.3, -0.25) is 0 Å². The highest BCUT2D eigenvalue weighted by Crippen LogP contribution is 2.38. The Kier molecular flexibility index (Phi) is 3.17. The summed E-state index contributed by atoms with van der Waals surface area (Å²) in [5.74, 6) is 0. The number of para-hydroxylation sites is 3. The first-order chi connectivity index (χ1) is 13.3. The molecule has 2 heterocycles. The van der Waals surface area contributed by atoms with E-state index in [0.29, 0.717) is 0 Å². The van der Waals surface area contributed by atoms with E-state index in [1.54, 1.807) is 0 Å². The van der Waals surface area contributed by atoms with E-state index in [9.17, 15) is 0 Å². The number of halogens is 1. The van der Waals surface area contributed by atoms with Crippen LogP contribution in [0.2, 0.25) is 0 Å². The molecule has 0 radical (unpaired) electrons. The average Bonchev–Trinajstić information content (AvgIpc) is 3.24. The second-order valence-electron chi connectivity index (χ2n) is 6.77. The molecular formula is C24H14INO. The number of rotatable bonds is 1. The molecule has 2 nitrogen and oxygen atoms in total. The third-order valence-electron chi connectivity index (χ3n) is 5.26. The molecule has 4 aromatic carbocycles. The molecule has 0 aliphatic heterocycles. The molecule has 0 N–H and O–H groups in total. The van der Waals surface area contributed by atoms with Crippen LogP contribution >= 0.6 is 22.6 Å². The Morgan fingerprint density at radius 1 is 0.630 bits per heavy atom. The second-order valence-corrected chi connectivity index (χ2v) is 8.01. The molecular weight excluding hydrogens is 445 g/mol. The van der Waals surface area contributed by atoms with Gasteiger partial charge < -0.3 is 8.98 Å². The molecule has 6 rings (SSSR count). The van der Waals surface area contributed by atoms with Gasteiger partial charge >= 0.3 is 0 Å². The normalized spacial score (nSPS) is 11.9. The zero-order valence-electron chi connectivity index (χ0n) is 14.3. The topological polar surface area (TPSA) is 18.1 Å². The summed E-state index contributed by atoms with van der Waals surface area (Å²) in [6.45, 7) is 0. The molecule has 0 atom stereocenters. The van der Waals surface area contributed by atoms with Crippen LogP contribution in [0.5, 0.6) is 0 Å². The lowest BCUT2D eigenvalue weighted by molar-refractivity contribution is 0.666. The van der Waals surface area contributed by atoms with Crippen LogP contribution in [0.25, 0.3) is 49.4 Å². The van der Waals surface area contributed by atoms with E-state index in [1.807, 2.05) is 12.1 Å². The van der Waals surface area contributed by atoms with Crippen molar-refractivity contribution < 1.29 is 4.42 Å². The van der Waals surface area contributed by atoms with Crippen LogP contribution in [0.3, 0.4) is 0 Å². The smallest absolute Gasteiger partial charge is 0.159 e. The molecule has 3 heteroatoms. The van der Waals surface area contributed by atoms with E-state index in [4.69, 9.17) is 4.42 Å². The molecule has 0 unspecified atom stereocenters. The van der Waals surface area contributed by atoms with Gasteiger partial charge in [0, 0.05) is 25.1 Å². The van der Waals surface area contributed by atoms with Crippen LogP contribution in [0.15, 0.2) is 89.3 Å². The van der Waals surface area contributed by atoms with Gasteiger partial charge in [0.05, 0.1) is 16.7 Å². The Morgan fingerprint density at radius 2 is 1.37 bits per heavy atom. The molecule has 6 aromatic rings. The van der Waals surface area contributed by atoms with Crippen molar-refractivity contribution in [1.82, 2.24) is 4.57 Å². The highest BCUT2D eigenvalue weighted by molar-refractivity contribution is 14.1. The molecule has 0 amide bonds. The minimum Gasteiger partial charge on any atom is -0.454 e. The number of furan rings is 1. The molecule has 0 aliphatic rings. The lowest BCUT2D eigenvalue weighted by atomic mass is 10.1. The van der Waals surface area contributed by atoms with Gasteiger partial charge in [-0.25, -0.2) is 0 Å². The van der Waals surface area contributed by atoms with Gasteiger partial charge in [-0.05, 0) is 59.0 Å². The van der Waals surface area contributed by atoms with E-state index in [-0.39, 0.29) is 0 Å². The van der Waals surface area contributed by atoms with Crippen molar-refractivity contribution in [1.29, 1.82) is 0 Å². The summed E-state index contributed by atoms with van der Waals surface area (Å²) in [7, 11) is 0. The molecule has 2 aromatic heterocycles. The summed E-state index contributed by atoms with van der Waals surface area (Å²) in [6.07, 6.45) is 0. The van der Waals surface area contributed by atoms with Crippen molar-refractivity contribution in [3.05, 3.63) is 88.5 Å². The van der Waals surface area contributed by atoms with Gasteiger partial charge in [0.2, 0.25) is 0 Å². The first-order valence-corrected chi connectivity index (χ1v) is 9.98. The number of hydrogen-bond donors (Lipinski definition) is 0. The van der Waals surface area contributed by atoms with E-state index < -0.39 is 0 Å². The molecule has 0 bridgehead atoms. The Hall–Kier alpha value is -2.79. The van der Waals surface area contributed by atoms with E-state index in [2.05, 4.69) is 100.0 Å². The van der Waals surface area contributed by atoms with Gasteiger partial charge in [0.1, 0.15) is 5.58 Å². The first kappa shape index (κ1) is 15.3. The monoisotopic (exact) mass is 459 g/mol. The fourth-order valence-corrected chi connectivity index (χ4v) is 4.60. The molecule has 0 fully saturated rings. The third kappa shape index (κ3) is 2.12. The van der Waals surface area contributed by atoms with Crippen molar-refractivity contribution in [2.75, 3.05) is 0 Å². The van der Waals surface area contributed by atoms with Gasteiger partial charge in [-0.2, -0.15) is 0 Å². The van der Waals surface area contributed by atoms with Crippen LogP contribution in [-0.4, -0.2) is 4.57 Å². The summed E-state index contributed by atoms with van der Waals surface area (Å²) in [6, 6.07) is 29.9. The summed E-state index contributed by atoms with van der Waals surface area (Å²) < 4.78 is 9.87. The molecule has 128 valence electrons. The maximum atomic E-state index is 6.31. The maximum Gasteiger partial charge on any atom is 0.159 e. The van der Waals surface area contributed by atoms with Crippen molar-refractivity contribution in [2.45, 2.75) is 0 Å². The quantitative estimate of drug-likeness (QED) is 0.236. The molecule has 0 aliphatic carbocycles. The lowest BCUT2D eigenvalue weighted by Gasteiger charge is -2.08. The van der Waals surface area contributed by atoms with Gasteiger partial charge in [0.25, 0.3) is 0 Å². The summed E-state index contributed by atoms with van der Waals surface area (Å²) >= 11 is 2.38. The maximum absolute atomic E-state index is 6.31. The Labute approximate surface area is 169 Å². The number of benzene rings is 4. The SMILES string of the molecule is Ic1ccc2c(c1)c1ccccc1n2-c1cccc2c1oc1ccccc12. The predicted octanol–water partition coefficient (Wildman–Crippen LogP) is 7.29. The lowest BCUT2D eigenvalue weighted by Crippen LogP contribution is -1.94. The van der Waals surface area contributed by atoms with Crippen LogP contribution in [0.4, 0.5) is 0 Å². The van der Waals surface area contributed by atoms with Crippen LogP contribution in [0, 0.1) is 3.57 Å². The van der Waals surface area contributed by atoms with Crippen molar-refractivity contribution in [3.63, 3.8) is 0 Å². The number of aromatic nitrogens is 1. The number of nitrogens with zero attached hydrogens (tertiary/aromatic N) is 1. The highest BCUT2D eigenvalue weighted by Gasteiger charge is 2.17. The zero-order valence-corrected chi connectivity index (χ0v) is 16.5. The molecule has 27 heavy (non-hydrogen) atoms. The van der Waals surface area contributed by atoms with Crippen LogP contribution in [-0.2, 0) is 0 Å². The Balaban J connectivity index is 1.83. The van der Waals surface area contributed by atoms with E-state index in [1.165, 1.54) is 25.4 Å². The zero-order chi connectivity index (χ0) is 18.0. The largest absolute Gasteiger partial charge is 0.454 e. The van der Waals surface area contributed by atoms with E-state index in [0.717, 1.165) is 27.6 Å². The first-order valence-electron chi connectivity index (χ1n) is 8.90. The van der Waals surface area contributed by atoms with Crippen molar-refractivity contribution >= 4 is 66.3 Å². The Morgan fingerprint density at radius 3 is 2.30 bits per heavy atom. The van der Waals surface area contributed by atoms with Crippen molar-refractivity contribution in [2.24, 2.45) is 0 Å². The fourth-order valence-electron chi connectivity index (χ4n) is 4.11. The minimum atomic E-state index is 0.926. The minimum absolute atomic E-state index is 0.926. The van der Waals surface area contributed by atoms with Crippen LogP contribution < -0.4 is 0 Å². The van der Waals surface area contributed by atoms with Gasteiger partial charge in [-0.1, -0.05) is 48.5 Å². The Bertz CT molecular complexity index is 1490. The standard InChI is InChI=1S/C24H14INO/c25-15-12-13-21-19(14-15)16-6-1-3-9-20(16)26(21)22-10-5-8-18-17-7-2-4-11-23(17)27-24(18)22/h1-14H. The van der Waals surface area contributed by atoms with Crippen LogP contribution in [0.1, 0.15) is 0 Å². The van der Waals surface area contributed by atoms with Gasteiger partial charge in [-0.15, -0.1) is 0 Å². The van der Waals surface area contributed by atoms with Crippen molar-refractivity contribution in [3.8, 4) is 5.69 Å². The molecule has 0 spiro atoms. The average molecular weight is 459 g/mol. The summed E-state index contributed by atoms with van der Waals surface area (Å²) in [5.41, 5.74) is 5.33. The fraction of sp³-hybridized carbons (Fsp3) is 0. The molecule has 0 saturated carbocycles.